The van der Waals surface area contributed by atoms with Gasteiger partial charge in [0.25, 0.3) is 0 Å². The SMILES string of the molecule is CC(C)(C)NC(=O)OC1CCC(OCC(F)c2ccccc2)C(F)C1. The van der Waals surface area contributed by atoms with E-state index < -0.39 is 36.2 Å². The summed E-state index contributed by atoms with van der Waals surface area (Å²) in [5, 5.41) is 2.69. The molecular weight excluding hydrogens is 328 g/mol. The van der Waals surface area contributed by atoms with Crippen molar-refractivity contribution in [2.75, 3.05) is 6.61 Å². The van der Waals surface area contributed by atoms with Gasteiger partial charge in [0, 0.05) is 12.0 Å². The van der Waals surface area contributed by atoms with Crippen LogP contribution in [0, 0.1) is 0 Å². The quantitative estimate of drug-likeness (QED) is 0.846. The Kier molecular flexibility index (Phi) is 6.76. The molecule has 0 radical (unpaired) electrons. The third kappa shape index (κ3) is 6.61. The molecule has 4 atom stereocenters. The first-order valence-corrected chi connectivity index (χ1v) is 8.68. The molecule has 2 rings (SSSR count). The van der Waals surface area contributed by atoms with Crippen molar-refractivity contribution in [2.24, 2.45) is 0 Å². The topological polar surface area (TPSA) is 47.6 Å². The van der Waals surface area contributed by atoms with E-state index in [1.807, 2.05) is 26.8 Å². The van der Waals surface area contributed by atoms with Crippen LogP contribution in [0.1, 0.15) is 51.8 Å². The molecule has 1 aliphatic rings. The van der Waals surface area contributed by atoms with Gasteiger partial charge in [-0.2, -0.15) is 0 Å². The van der Waals surface area contributed by atoms with Crippen molar-refractivity contribution in [2.45, 2.75) is 70.1 Å². The molecule has 1 amide bonds. The fourth-order valence-corrected chi connectivity index (χ4v) is 2.80. The summed E-state index contributed by atoms with van der Waals surface area (Å²) >= 11 is 0. The van der Waals surface area contributed by atoms with Gasteiger partial charge in [0.15, 0.2) is 0 Å². The monoisotopic (exact) mass is 355 g/mol. The molecule has 1 aromatic carbocycles. The third-order valence-corrected chi connectivity index (χ3v) is 4.03. The number of amides is 1. The zero-order valence-electron chi connectivity index (χ0n) is 15.0. The van der Waals surface area contributed by atoms with Crippen LogP contribution in [0.2, 0.25) is 0 Å². The third-order valence-electron chi connectivity index (χ3n) is 4.03. The lowest BCUT2D eigenvalue weighted by Gasteiger charge is -2.32. The van der Waals surface area contributed by atoms with Gasteiger partial charge in [-0.15, -0.1) is 0 Å². The number of nitrogens with one attached hydrogen (secondary N) is 1. The molecule has 1 saturated carbocycles. The van der Waals surface area contributed by atoms with Crippen molar-refractivity contribution in [1.29, 1.82) is 0 Å². The molecule has 0 bridgehead atoms. The summed E-state index contributed by atoms with van der Waals surface area (Å²) in [7, 11) is 0. The van der Waals surface area contributed by atoms with Crippen molar-refractivity contribution < 1.29 is 23.0 Å². The van der Waals surface area contributed by atoms with Crippen LogP contribution in [0.4, 0.5) is 13.6 Å². The van der Waals surface area contributed by atoms with Crippen LogP contribution in [-0.2, 0) is 9.47 Å². The van der Waals surface area contributed by atoms with E-state index in [0.717, 1.165) is 0 Å². The summed E-state index contributed by atoms with van der Waals surface area (Å²) in [6.45, 7) is 5.36. The number of ether oxygens (including phenoxy) is 2. The summed E-state index contributed by atoms with van der Waals surface area (Å²) in [6, 6.07) is 8.68. The van der Waals surface area contributed by atoms with Gasteiger partial charge in [0.05, 0.1) is 12.7 Å². The van der Waals surface area contributed by atoms with Crippen molar-refractivity contribution in [1.82, 2.24) is 5.32 Å². The van der Waals surface area contributed by atoms with E-state index in [1.54, 1.807) is 24.3 Å². The summed E-state index contributed by atoms with van der Waals surface area (Å²) in [4.78, 5) is 11.8. The fourth-order valence-electron chi connectivity index (χ4n) is 2.80. The predicted molar refractivity (Wildman–Crippen MR) is 91.9 cm³/mol. The van der Waals surface area contributed by atoms with Crippen molar-refractivity contribution in [3.63, 3.8) is 0 Å². The van der Waals surface area contributed by atoms with E-state index in [4.69, 9.17) is 9.47 Å². The van der Waals surface area contributed by atoms with Gasteiger partial charge in [0.1, 0.15) is 18.4 Å². The zero-order chi connectivity index (χ0) is 18.4. The maximum absolute atomic E-state index is 14.3. The Morgan fingerprint density at radius 1 is 1.28 bits per heavy atom. The minimum Gasteiger partial charge on any atom is -0.446 e. The highest BCUT2D eigenvalue weighted by molar-refractivity contribution is 5.68. The number of hydrogen-bond donors (Lipinski definition) is 1. The Labute approximate surface area is 147 Å². The molecule has 4 nitrogen and oxygen atoms in total. The van der Waals surface area contributed by atoms with Crippen molar-refractivity contribution in [3.8, 4) is 0 Å². The average Bonchev–Trinajstić information content (AvgIpc) is 2.52. The molecule has 0 saturated heterocycles. The van der Waals surface area contributed by atoms with Crippen LogP contribution in [0.25, 0.3) is 0 Å². The zero-order valence-corrected chi connectivity index (χ0v) is 15.0. The number of hydrogen-bond acceptors (Lipinski definition) is 3. The number of rotatable bonds is 5. The number of carbonyl (C=O) groups is 1. The van der Waals surface area contributed by atoms with Crippen LogP contribution in [0.3, 0.4) is 0 Å². The molecular formula is C19H27F2NO3. The maximum Gasteiger partial charge on any atom is 0.407 e. The van der Waals surface area contributed by atoms with E-state index in [0.29, 0.717) is 18.4 Å². The largest absolute Gasteiger partial charge is 0.446 e. The standard InChI is InChI=1S/C19H27F2NO3/c1-19(2,3)22-18(23)25-14-9-10-17(15(20)11-14)24-12-16(21)13-7-5-4-6-8-13/h4-8,14-17H,9-12H2,1-3H3,(H,22,23). The van der Waals surface area contributed by atoms with Gasteiger partial charge in [-0.3, -0.25) is 0 Å². The lowest BCUT2D eigenvalue weighted by molar-refractivity contribution is -0.0701. The number of benzene rings is 1. The minimum atomic E-state index is -1.28. The minimum absolute atomic E-state index is 0.0739. The molecule has 0 aliphatic heterocycles. The van der Waals surface area contributed by atoms with E-state index in [1.165, 1.54) is 0 Å². The summed E-state index contributed by atoms with van der Waals surface area (Å²) in [5.74, 6) is 0. The van der Waals surface area contributed by atoms with Crippen LogP contribution >= 0.6 is 0 Å². The maximum atomic E-state index is 14.3. The second kappa shape index (κ2) is 8.61. The van der Waals surface area contributed by atoms with E-state index in [9.17, 15) is 13.6 Å². The second-order valence-electron chi connectivity index (χ2n) is 7.48. The summed E-state index contributed by atoms with van der Waals surface area (Å²) < 4.78 is 39.1. The second-order valence-corrected chi connectivity index (χ2v) is 7.48. The highest BCUT2D eigenvalue weighted by Gasteiger charge is 2.34. The molecule has 25 heavy (non-hydrogen) atoms. The first kappa shape index (κ1) is 19.6. The lowest BCUT2D eigenvalue weighted by atomic mass is 9.93. The average molecular weight is 355 g/mol. The van der Waals surface area contributed by atoms with Crippen LogP contribution in [0.5, 0.6) is 0 Å². The van der Waals surface area contributed by atoms with Gasteiger partial charge >= 0.3 is 6.09 Å². The van der Waals surface area contributed by atoms with E-state index in [2.05, 4.69) is 5.32 Å². The Balaban J connectivity index is 1.75. The van der Waals surface area contributed by atoms with Gasteiger partial charge in [0.2, 0.25) is 0 Å². The molecule has 0 heterocycles. The number of halogens is 2. The van der Waals surface area contributed by atoms with Gasteiger partial charge < -0.3 is 14.8 Å². The van der Waals surface area contributed by atoms with Gasteiger partial charge in [-0.25, -0.2) is 13.6 Å². The normalized spacial score (nSPS) is 25.2. The highest BCUT2D eigenvalue weighted by Crippen LogP contribution is 2.28. The Morgan fingerprint density at radius 2 is 1.96 bits per heavy atom. The first-order chi connectivity index (χ1) is 11.7. The Bertz CT molecular complexity index is 547. The van der Waals surface area contributed by atoms with Crippen LogP contribution < -0.4 is 5.32 Å². The molecule has 1 fully saturated rings. The van der Waals surface area contributed by atoms with E-state index in [-0.39, 0.29) is 13.0 Å². The first-order valence-electron chi connectivity index (χ1n) is 8.68. The van der Waals surface area contributed by atoms with Crippen molar-refractivity contribution in [3.05, 3.63) is 35.9 Å². The van der Waals surface area contributed by atoms with Gasteiger partial charge in [-0.1, -0.05) is 30.3 Å². The molecule has 4 unspecified atom stereocenters. The number of alkyl halides is 2. The summed E-state index contributed by atoms with van der Waals surface area (Å²) in [5.41, 5.74) is 0.119. The fraction of sp³-hybridized carbons (Fsp3) is 0.632. The molecule has 1 aromatic rings. The molecule has 0 spiro atoms. The number of alkyl carbamates (subject to hydrolysis) is 1. The predicted octanol–water partition coefficient (Wildman–Crippen LogP) is 4.50. The molecule has 6 heteroatoms. The molecule has 1 N–H and O–H groups in total. The highest BCUT2D eigenvalue weighted by atomic mass is 19.1. The van der Waals surface area contributed by atoms with E-state index >= 15 is 0 Å². The Hall–Kier alpha value is -1.69. The molecule has 140 valence electrons. The molecule has 1 aliphatic carbocycles. The van der Waals surface area contributed by atoms with Crippen LogP contribution in [-0.4, -0.2) is 36.6 Å². The smallest absolute Gasteiger partial charge is 0.407 e. The van der Waals surface area contributed by atoms with Crippen LogP contribution in [0.15, 0.2) is 30.3 Å². The van der Waals surface area contributed by atoms with Gasteiger partial charge in [-0.05, 0) is 39.2 Å². The van der Waals surface area contributed by atoms with Crippen molar-refractivity contribution >= 4 is 6.09 Å². The molecule has 0 aromatic heterocycles. The summed E-state index contributed by atoms with van der Waals surface area (Å²) in [6.07, 6.45) is -3.26. The number of carbonyl (C=O) groups excluding carboxylic acids is 1. The Morgan fingerprint density at radius 3 is 2.56 bits per heavy atom. The lowest BCUT2D eigenvalue weighted by Crippen LogP contribution is -2.44.